The zero-order chi connectivity index (χ0) is 24.8. The maximum atomic E-state index is 13.2. The predicted octanol–water partition coefficient (Wildman–Crippen LogP) is 4.84. The van der Waals surface area contributed by atoms with Gasteiger partial charge in [0.25, 0.3) is 0 Å². The van der Waals surface area contributed by atoms with Crippen molar-refractivity contribution in [2.24, 2.45) is 11.0 Å². The molecule has 2 aromatic carbocycles. The van der Waals surface area contributed by atoms with Crippen molar-refractivity contribution < 1.29 is 14.3 Å². The van der Waals surface area contributed by atoms with Crippen molar-refractivity contribution in [2.45, 2.75) is 45.6 Å². The van der Waals surface area contributed by atoms with Gasteiger partial charge < -0.3 is 10.1 Å². The molecule has 0 bridgehead atoms. The lowest BCUT2D eigenvalue weighted by Gasteiger charge is -2.22. The van der Waals surface area contributed by atoms with Crippen LogP contribution in [0.3, 0.4) is 0 Å². The molecule has 2 amide bonds. The zero-order valence-corrected chi connectivity index (χ0v) is 20.9. The van der Waals surface area contributed by atoms with E-state index in [1.165, 1.54) is 16.3 Å². The molecule has 0 fully saturated rings. The van der Waals surface area contributed by atoms with Gasteiger partial charge in [0.2, 0.25) is 16.9 Å². The number of hydrogen-bond donors (Lipinski definition) is 1. The molecule has 0 unspecified atom stereocenters. The third-order valence-corrected chi connectivity index (χ3v) is 6.50. The molecule has 1 N–H and O–H groups in total. The molecule has 182 valence electrons. The first-order chi connectivity index (χ1) is 16.9. The third-order valence-electron chi connectivity index (χ3n) is 5.64. The van der Waals surface area contributed by atoms with Crippen molar-refractivity contribution in [2.75, 3.05) is 12.4 Å². The standard InChI is InChI=1S/C26H29N5O3S/c1-17(2)15-24-28-29-26(35-24)27-23(32)13-14-25(33)31-22(19-9-11-20(34-3)12-10-19)16-21(30-31)18-7-5-4-6-8-18/h4-12,17,22H,13-16H2,1-3H3,(H,27,29,32)/t22-/m0/s1. The van der Waals surface area contributed by atoms with Crippen LogP contribution in [0.1, 0.15) is 55.3 Å². The van der Waals surface area contributed by atoms with Gasteiger partial charge >= 0.3 is 0 Å². The van der Waals surface area contributed by atoms with Crippen molar-refractivity contribution in [3.8, 4) is 5.75 Å². The summed E-state index contributed by atoms with van der Waals surface area (Å²) in [6, 6.07) is 17.2. The Bertz CT molecular complexity index is 1190. The van der Waals surface area contributed by atoms with Crippen LogP contribution in [0.15, 0.2) is 59.7 Å². The minimum absolute atomic E-state index is 0.0416. The molecule has 8 nitrogen and oxygen atoms in total. The molecule has 0 spiro atoms. The molecule has 1 aliphatic heterocycles. The summed E-state index contributed by atoms with van der Waals surface area (Å²) < 4.78 is 5.27. The molecule has 1 aliphatic rings. The second kappa shape index (κ2) is 11.2. The van der Waals surface area contributed by atoms with Gasteiger partial charge in [0.05, 0.1) is 18.9 Å². The van der Waals surface area contributed by atoms with Gasteiger partial charge in [-0.2, -0.15) is 5.10 Å². The number of hydrazone groups is 1. The third kappa shape index (κ3) is 6.30. The molecule has 0 saturated carbocycles. The summed E-state index contributed by atoms with van der Waals surface area (Å²) >= 11 is 1.37. The fourth-order valence-corrected chi connectivity index (χ4v) is 4.85. The highest BCUT2D eigenvalue weighted by molar-refractivity contribution is 7.15. The fraction of sp³-hybridized carbons (Fsp3) is 0.346. The lowest BCUT2D eigenvalue weighted by atomic mass is 9.98. The average Bonchev–Trinajstić information content (AvgIpc) is 3.50. The van der Waals surface area contributed by atoms with E-state index in [4.69, 9.17) is 4.74 Å². The summed E-state index contributed by atoms with van der Waals surface area (Å²) in [6.45, 7) is 4.21. The maximum Gasteiger partial charge on any atom is 0.243 e. The van der Waals surface area contributed by atoms with Gasteiger partial charge in [-0.1, -0.05) is 67.6 Å². The first-order valence-electron chi connectivity index (χ1n) is 11.6. The second-order valence-electron chi connectivity index (χ2n) is 8.79. The van der Waals surface area contributed by atoms with Gasteiger partial charge in [-0.15, -0.1) is 10.2 Å². The van der Waals surface area contributed by atoms with E-state index in [-0.39, 0.29) is 30.7 Å². The van der Waals surface area contributed by atoms with Crippen molar-refractivity contribution in [3.05, 3.63) is 70.7 Å². The van der Waals surface area contributed by atoms with Crippen LogP contribution in [-0.2, 0) is 16.0 Å². The van der Waals surface area contributed by atoms with Crippen LogP contribution in [0.5, 0.6) is 5.75 Å². The van der Waals surface area contributed by atoms with E-state index in [9.17, 15) is 9.59 Å². The van der Waals surface area contributed by atoms with E-state index in [1.54, 1.807) is 7.11 Å². The van der Waals surface area contributed by atoms with Gasteiger partial charge in [-0.25, -0.2) is 5.01 Å². The second-order valence-corrected chi connectivity index (χ2v) is 9.85. The Balaban J connectivity index is 1.43. The molecule has 35 heavy (non-hydrogen) atoms. The Labute approximate surface area is 209 Å². The first kappa shape index (κ1) is 24.5. The number of rotatable bonds is 9. The van der Waals surface area contributed by atoms with Crippen molar-refractivity contribution in [1.29, 1.82) is 0 Å². The van der Waals surface area contributed by atoms with E-state index in [2.05, 4.69) is 34.5 Å². The minimum atomic E-state index is -0.266. The van der Waals surface area contributed by atoms with E-state index < -0.39 is 0 Å². The Morgan fingerprint density at radius 3 is 2.51 bits per heavy atom. The highest BCUT2D eigenvalue weighted by Crippen LogP contribution is 2.34. The number of carbonyl (C=O) groups is 2. The number of hydrogen-bond acceptors (Lipinski definition) is 7. The molecule has 0 aliphatic carbocycles. The van der Waals surface area contributed by atoms with Crippen molar-refractivity contribution >= 4 is 34.0 Å². The van der Waals surface area contributed by atoms with Crippen molar-refractivity contribution in [3.63, 3.8) is 0 Å². The van der Waals surface area contributed by atoms with E-state index in [0.717, 1.165) is 34.0 Å². The SMILES string of the molecule is COc1ccc([C@@H]2CC(c3ccccc3)=NN2C(=O)CCC(=O)Nc2nnc(CC(C)C)s2)cc1. The Morgan fingerprint density at radius 2 is 1.83 bits per heavy atom. The number of benzene rings is 2. The number of anilines is 1. The number of ether oxygens (including phenoxy) is 1. The van der Waals surface area contributed by atoms with Gasteiger partial charge in [-0.05, 0) is 29.2 Å². The van der Waals surface area contributed by atoms with Gasteiger partial charge in [-0.3, -0.25) is 9.59 Å². The van der Waals surface area contributed by atoms with Crippen LogP contribution in [0.25, 0.3) is 0 Å². The highest BCUT2D eigenvalue weighted by atomic mass is 32.1. The van der Waals surface area contributed by atoms with Gasteiger partial charge in [0.15, 0.2) is 0 Å². The fourth-order valence-electron chi connectivity index (χ4n) is 3.88. The van der Waals surface area contributed by atoms with Crippen molar-refractivity contribution in [1.82, 2.24) is 15.2 Å². The zero-order valence-electron chi connectivity index (χ0n) is 20.1. The monoisotopic (exact) mass is 491 g/mol. The van der Waals surface area contributed by atoms with E-state index in [1.807, 2.05) is 54.6 Å². The molecule has 4 rings (SSSR count). The summed E-state index contributed by atoms with van der Waals surface area (Å²) in [7, 11) is 1.62. The summed E-state index contributed by atoms with van der Waals surface area (Å²) in [4.78, 5) is 25.7. The van der Waals surface area contributed by atoms with Crippen LogP contribution >= 0.6 is 11.3 Å². The van der Waals surface area contributed by atoms with Gasteiger partial charge in [0, 0.05) is 25.7 Å². The number of carbonyl (C=O) groups excluding carboxylic acids is 2. The molecule has 2 heterocycles. The van der Waals surface area contributed by atoms with Crippen LogP contribution in [-0.4, -0.2) is 39.8 Å². The van der Waals surface area contributed by atoms with Crippen LogP contribution in [0.4, 0.5) is 5.13 Å². The van der Waals surface area contributed by atoms with E-state index in [0.29, 0.717) is 17.5 Å². The summed E-state index contributed by atoms with van der Waals surface area (Å²) in [6.07, 6.45) is 1.49. The molecular formula is C26H29N5O3S. The molecule has 0 radical (unpaired) electrons. The average molecular weight is 492 g/mol. The molecule has 1 atom stereocenters. The molecule has 9 heteroatoms. The Morgan fingerprint density at radius 1 is 1.09 bits per heavy atom. The molecule has 1 aromatic heterocycles. The normalized spacial score (nSPS) is 15.3. The summed E-state index contributed by atoms with van der Waals surface area (Å²) in [5.74, 6) is 0.742. The number of aromatic nitrogens is 2. The lowest BCUT2D eigenvalue weighted by molar-refractivity contribution is -0.134. The quantitative estimate of drug-likeness (QED) is 0.462. The Hall–Kier alpha value is -3.59. The summed E-state index contributed by atoms with van der Waals surface area (Å²) in [5, 5.41) is 18.4. The predicted molar refractivity (Wildman–Crippen MR) is 136 cm³/mol. The molecular weight excluding hydrogens is 462 g/mol. The number of methoxy groups -OCH3 is 1. The summed E-state index contributed by atoms with van der Waals surface area (Å²) in [5.41, 5.74) is 2.79. The first-order valence-corrected chi connectivity index (χ1v) is 12.5. The largest absolute Gasteiger partial charge is 0.497 e. The van der Waals surface area contributed by atoms with E-state index >= 15 is 0 Å². The minimum Gasteiger partial charge on any atom is -0.497 e. The van der Waals surface area contributed by atoms with Crippen LogP contribution in [0, 0.1) is 5.92 Å². The maximum absolute atomic E-state index is 13.2. The molecule has 0 saturated heterocycles. The smallest absolute Gasteiger partial charge is 0.243 e. The topological polar surface area (TPSA) is 96.8 Å². The lowest BCUT2D eigenvalue weighted by Crippen LogP contribution is -2.28. The molecule has 3 aromatic rings. The van der Waals surface area contributed by atoms with Crippen LogP contribution < -0.4 is 10.1 Å². The number of nitrogens with zero attached hydrogens (tertiary/aromatic N) is 4. The van der Waals surface area contributed by atoms with Crippen LogP contribution in [0.2, 0.25) is 0 Å². The number of amides is 2. The van der Waals surface area contributed by atoms with Gasteiger partial charge in [0.1, 0.15) is 10.8 Å². The Kier molecular flexibility index (Phi) is 7.87. The number of nitrogens with one attached hydrogen (secondary N) is 1. The highest BCUT2D eigenvalue weighted by Gasteiger charge is 2.33.